The van der Waals surface area contributed by atoms with Crippen molar-refractivity contribution in [2.75, 3.05) is 11.9 Å². The molecule has 1 aromatic carbocycles. The number of pyridine rings is 2. The number of fused-ring (bicyclic) bond motifs is 3. The van der Waals surface area contributed by atoms with Crippen LogP contribution in [0.4, 0.5) is 5.82 Å². The molecule has 1 N–H and O–H groups in total. The molecular weight excluding hydrogens is 426 g/mol. The van der Waals surface area contributed by atoms with Crippen LogP contribution in [0.25, 0.3) is 22.5 Å². The van der Waals surface area contributed by atoms with E-state index in [1.54, 1.807) is 17.7 Å². The summed E-state index contributed by atoms with van der Waals surface area (Å²) in [6.45, 7) is 7.42. The van der Waals surface area contributed by atoms with E-state index in [2.05, 4.69) is 22.0 Å². The Morgan fingerprint density at radius 1 is 1.18 bits per heavy atom. The number of hydrogen-bond donors (Lipinski definition) is 1. The van der Waals surface area contributed by atoms with Gasteiger partial charge in [0.2, 0.25) is 5.56 Å². The van der Waals surface area contributed by atoms with Gasteiger partial charge in [-0.1, -0.05) is 12.1 Å². The minimum Gasteiger partial charge on any atom is -0.369 e. The van der Waals surface area contributed by atoms with Gasteiger partial charge in [-0.2, -0.15) is 5.26 Å². The van der Waals surface area contributed by atoms with Crippen molar-refractivity contribution < 1.29 is 0 Å². The molecule has 1 atom stereocenters. The molecule has 34 heavy (non-hydrogen) atoms. The number of benzene rings is 1. The lowest BCUT2D eigenvalue weighted by molar-refractivity contribution is 0.746. The predicted octanol–water partition coefficient (Wildman–Crippen LogP) is 3.32. The number of nitriles is 1. The van der Waals surface area contributed by atoms with Crippen LogP contribution in [0, 0.1) is 25.2 Å². The highest BCUT2D eigenvalue weighted by Crippen LogP contribution is 2.35. The fourth-order valence-electron chi connectivity index (χ4n) is 4.60. The molecule has 4 heterocycles. The van der Waals surface area contributed by atoms with Crippen LogP contribution in [0.5, 0.6) is 0 Å². The third kappa shape index (κ3) is 3.55. The Bertz CT molecular complexity index is 1570. The van der Waals surface area contributed by atoms with Gasteiger partial charge < -0.3 is 14.5 Å². The lowest BCUT2D eigenvalue weighted by Gasteiger charge is -2.19. The van der Waals surface area contributed by atoms with Gasteiger partial charge in [0.25, 0.3) is 0 Å². The minimum atomic E-state index is -0.192. The van der Waals surface area contributed by atoms with Crippen LogP contribution in [0.2, 0.25) is 0 Å². The molecule has 8 heteroatoms. The summed E-state index contributed by atoms with van der Waals surface area (Å²) in [5.74, 6) is 2.45. The smallest absolute Gasteiger partial charge is 0.250 e. The maximum Gasteiger partial charge on any atom is 0.250 e. The number of hydrogen-bond acceptors (Lipinski definition) is 6. The van der Waals surface area contributed by atoms with Gasteiger partial charge in [0.1, 0.15) is 17.5 Å². The normalized spacial score (nSPS) is 14.0. The van der Waals surface area contributed by atoms with Gasteiger partial charge in [-0.3, -0.25) is 9.79 Å². The molecule has 5 rings (SSSR count). The van der Waals surface area contributed by atoms with Gasteiger partial charge in [-0.15, -0.1) is 0 Å². The van der Waals surface area contributed by atoms with E-state index in [1.165, 1.54) is 0 Å². The lowest BCUT2D eigenvalue weighted by Crippen LogP contribution is -2.21. The third-order valence-corrected chi connectivity index (χ3v) is 6.37. The Morgan fingerprint density at radius 2 is 2.00 bits per heavy atom. The SMILES string of the molecule is Cc1nc2n3c(c(-c4ccc(=O)n(C)c4)cc-2c(=N[C@H](C)c2cccc(C#N)c2C)n1)NCC3. The predicted molar refractivity (Wildman–Crippen MR) is 130 cm³/mol. The molecular formula is C26H25N7O. The largest absolute Gasteiger partial charge is 0.369 e. The molecule has 0 saturated heterocycles. The summed E-state index contributed by atoms with van der Waals surface area (Å²) < 4.78 is 3.74. The first-order valence-electron chi connectivity index (χ1n) is 11.2. The van der Waals surface area contributed by atoms with Crippen LogP contribution < -0.4 is 16.4 Å². The summed E-state index contributed by atoms with van der Waals surface area (Å²) in [7, 11) is 1.75. The number of nitrogens with zero attached hydrogens (tertiary/aromatic N) is 6. The van der Waals surface area contributed by atoms with Crippen molar-refractivity contribution in [2.45, 2.75) is 33.4 Å². The number of aryl methyl sites for hydroxylation is 2. The summed E-state index contributed by atoms with van der Waals surface area (Å²) in [6.07, 6.45) is 1.84. The van der Waals surface area contributed by atoms with Gasteiger partial charge in [0, 0.05) is 43.5 Å². The fourth-order valence-corrected chi connectivity index (χ4v) is 4.60. The van der Waals surface area contributed by atoms with E-state index in [-0.39, 0.29) is 11.6 Å². The Balaban J connectivity index is 1.76. The summed E-state index contributed by atoms with van der Waals surface area (Å²) in [4.78, 5) is 26.4. The molecule has 3 aliphatic heterocycles. The van der Waals surface area contributed by atoms with Crippen molar-refractivity contribution in [1.29, 1.82) is 5.26 Å². The van der Waals surface area contributed by atoms with Crippen molar-refractivity contribution in [3.05, 3.63) is 81.0 Å². The first-order valence-corrected chi connectivity index (χ1v) is 11.2. The topological polar surface area (TPSA) is 101 Å². The van der Waals surface area contributed by atoms with E-state index in [1.807, 2.05) is 51.2 Å². The fraction of sp³-hybridized carbons (Fsp3) is 0.269. The minimum absolute atomic E-state index is 0.0553. The molecule has 2 aromatic rings. The Kier molecular flexibility index (Phi) is 5.25. The van der Waals surface area contributed by atoms with Gasteiger partial charge in [-0.25, -0.2) is 9.97 Å². The zero-order chi connectivity index (χ0) is 24.0. The van der Waals surface area contributed by atoms with Crippen molar-refractivity contribution in [2.24, 2.45) is 12.0 Å². The summed E-state index contributed by atoms with van der Waals surface area (Å²) in [5, 5.41) is 12.9. The lowest BCUT2D eigenvalue weighted by atomic mass is 9.98. The zero-order valence-electron chi connectivity index (χ0n) is 19.6. The quantitative estimate of drug-likeness (QED) is 0.515. The van der Waals surface area contributed by atoms with Crippen LogP contribution in [-0.2, 0) is 13.6 Å². The number of nitrogens with one attached hydrogen (secondary N) is 1. The van der Waals surface area contributed by atoms with Gasteiger partial charge in [0.05, 0.1) is 23.2 Å². The van der Waals surface area contributed by atoms with Crippen molar-refractivity contribution >= 4 is 5.82 Å². The second kappa shape index (κ2) is 8.27. The monoisotopic (exact) mass is 451 g/mol. The van der Waals surface area contributed by atoms with E-state index in [0.29, 0.717) is 16.9 Å². The molecule has 3 aliphatic rings. The second-order valence-corrected chi connectivity index (χ2v) is 8.62. The molecule has 1 aromatic heterocycles. The number of anilines is 1. The van der Waals surface area contributed by atoms with Crippen LogP contribution >= 0.6 is 0 Å². The molecule has 0 radical (unpaired) electrons. The summed E-state index contributed by atoms with van der Waals surface area (Å²) in [6, 6.07) is 13.3. The molecule has 0 unspecified atom stereocenters. The highest BCUT2D eigenvalue weighted by molar-refractivity contribution is 5.81. The van der Waals surface area contributed by atoms with E-state index in [9.17, 15) is 10.1 Å². The number of rotatable bonds is 3. The maximum atomic E-state index is 12.0. The Morgan fingerprint density at radius 3 is 2.76 bits per heavy atom. The molecule has 0 aliphatic carbocycles. The first kappa shape index (κ1) is 21.6. The summed E-state index contributed by atoms with van der Waals surface area (Å²) in [5.41, 5.74) is 5.89. The molecule has 8 nitrogen and oxygen atoms in total. The average Bonchev–Trinajstić information content (AvgIpc) is 3.31. The second-order valence-electron chi connectivity index (χ2n) is 8.62. The average molecular weight is 452 g/mol. The Hall–Kier alpha value is -4.25. The van der Waals surface area contributed by atoms with E-state index in [4.69, 9.17) is 15.0 Å². The highest BCUT2D eigenvalue weighted by Gasteiger charge is 2.24. The van der Waals surface area contributed by atoms with E-state index in [0.717, 1.165) is 52.5 Å². The van der Waals surface area contributed by atoms with Crippen LogP contribution in [0.1, 0.15) is 35.5 Å². The van der Waals surface area contributed by atoms with Gasteiger partial charge in [0.15, 0.2) is 5.49 Å². The molecule has 0 bridgehead atoms. The van der Waals surface area contributed by atoms with E-state index >= 15 is 0 Å². The molecule has 170 valence electrons. The van der Waals surface area contributed by atoms with Crippen LogP contribution in [-0.4, -0.2) is 25.6 Å². The van der Waals surface area contributed by atoms with Gasteiger partial charge in [-0.05, 0) is 50.1 Å². The van der Waals surface area contributed by atoms with Crippen molar-refractivity contribution in [3.8, 4) is 28.6 Å². The van der Waals surface area contributed by atoms with Crippen molar-refractivity contribution in [1.82, 2.24) is 19.1 Å². The Labute approximate surface area is 197 Å². The molecule has 0 saturated carbocycles. The summed E-state index contributed by atoms with van der Waals surface area (Å²) >= 11 is 0. The van der Waals surface area contributed by atoms with Gasteiger partial charge >= 0.3 is 0 Å². The van der Waals surface area contributed by atoms with Crippen LogP contribution in [0.15, 0.2) is 52.4 Å². The van der Waals surface area contributed by atoms with Crippen molar-refractivity contribution in [3.63, 3.8) is 0 Å². The zero-order valence-corrected chi connectivity index (χ0v) is 19.6. The van der Waals surface area contributed by atoms with Crippen LogP contribution in [0.3, 0.4) is 0 Å². The standard InChI is InChI=1S/C26H25N7O/c1-15-18(13-27)6-5-7-20(15)16(2)29-24-22-12-21(19-8-9-23(34)32(4)14-19)25-28-10-11-33(25)26(22)31-17(3)30-24/h5-9,12,14,16,28H,10-11H2,1-4H3/t16-/m1/s1. The molecule has 0 spiro atoms. The molecule has 0 amide bonds. The highest BCUT2D eigenvalue weighted by atomic mass is 16.1. The number of aromatic nitrogens is 4. The third-order valence-electron chi connectivity index (χ3n) is 6.37. The van der Waals surface area contributed by atoms with E-state index < -0.39 is 0 Å². The molecule has 0 fully saturated rings. The first-order chi connectivity index (χ1) is 16.4. The maximum absolute atomic E-state index is 12.0.